The van der Waals surface area contributed by atoms with E-state index in [1.165, 1.54) is 0 Å². The smallest absolute Gasteiger partial charge is 0.336 e. The van der Waals surface area contributed by atoms with Gasteiger partial charge in [-0.15, -0.1) is 0 Å². The van der Waals surface area contributed by atoms with Gasteiger partial charge in [-0.3, -0.25) is 19.1 Å². The number of aliphatic carboxylic acids is 3. The van der Waals surface area contributed by atoms with Gasteiger partial charge in [-0.25, -0.2) is 4.79 Å². The number of carboxylic acids is 3. The number of amides is 1. The second kappa shape index (κ2) is 12.5. The number of hydrogen-bond acceptors (Lipinski definition) is 6. The Bertz CT molecular complexity index is 1000. The Labute approximate surface area is 197 Å². The molecule has 0 spiro atoms. The first-order chi connectivity index (χ1) is 15.8. The van der Waals surface area contributed by atoms with Gasteiger partial charge >= 0.3 is 17.9 Å². The highest BCUT2D eigenvalue weighted by molar-refractivity contribution is 5.96. The molecule has 1 aromatic carbocycles. The van der Waals surface area contributed by atoms with E-state index in [0.29, 0.717) is 5.56 Å². The minimum atomic E-state index is -2.74. The highest BCUT2D eigenvalue weighted by Crippen LogP contribution is 2.17. The Morgan fingerprint density at radius 3 is 2.00 bits per heavy atom. The largest absolute Gasteiger partial charge is 0.481 e. The first-order valence-electron chi connectivity index (χ1n) is 10.6. The van der Waals surface area contributed by atoms with E-state index >= 15 is 0 Å². The van der Waals surface area contributed by atoms with E-state index in [1.807, 2.05) is 55.8 Å². The second-order valence-electron chi connectivity index (χ2n) is 7.85. The minimum absolute atomic E-state index is 0.0213. The van der Waals surface area contributed by atoms with Crippen LogP contribution in [0.4, 0.5) is 0 Å². The molecule has 11 heteroatoms. The molecule has 0 aliphatic rings. The highest BCUT2D eigenvalue weighted by atomic mass is 16.4. The average Bonchev–Trinajstić information content (AvgIpc) is 3.01. The predicted octanol–water partition coefficient (Wildman–Crippen LogP) is 2.15. The molecular weight excluding hydrogens is 446 g/mol. The van der Waals surface area contributed by atoms with Crippen LogP contribution < -0.4 is 5.32 Å². The zero-order chi connectivity index (χ0) is 26.1. The Balaban J connectivity index is 0.000000385. The number of hydrogen-bond donors (Lipinski definition) is 5. The molecule has 186 valence electrons. The number of rotatable bonds is 10. The van der Waals surface area contributed by atoms with E-state index in [-0.39, 0.29) is 11.9 Å². The van der Waals surface area contributed by atoms with Gasteiger partial charge in [0.1, 0.15) is 0 Å². The molecule has 0 saturated heterocycles. The van der Waals surface area contributed by atoms with Crippen LogP contribution in [0.15, 0.2) is 30.3 Å². The van der Waals surface area contributed by atoms with E-state index in [9.17, 15) is 19.2 Å². The Hall–Kier alpha value is -3.73. The number of nitrogens with one attached hydrogen (secondary N) is 1. The van der Waals surface area contributed by atoms with Crippen LogP contribution in [0.2, 0.25) is 0 Å². The number of aliphatic hydroxyl groups is 1. The lowest BCUT2D eigenvalue weighted by atomic mass is 9.96. The third kappa shape index (κ3) is 8.00. The number of aromatic nitrogens is 2. The molecule has 1 atom stereocenters. The Kier molecular flexibility index (Phi) is 10.4. The fourth-order valence-electron chi connectivity index (χ4n) is 3.26. The lowest BCUT2D eigenvalue weighted by molar-refractivity contribution is -0.170. The number of aryl methyl sites for hydroxylation is 2. The van der Waals surface area contributed by atoms with Gasteiger partial charge in [0.05, 0.1) is 30.1 Å². The van der Waals surface area contributed by atoms with Crippen molar-refractivity contribution in [2.75, 3.05) is 0 Å². The average molecular weight is 478 g/mol. The highest BCUT2D eigenvalue weighted by Gasteiger charge is 2.40. The maximum absolute atomic E-state index is 12.5. The van der Waals surface area contributed by atoms with Gasteiger partial charge < -0.3 is 25.7 Å². The van der Waals surface area contributed by atoms with Gasteiger partial charge in [0, 0.05) is 12.2 Å². The van der Waals surface area contributed by atoms with Gasteiger partial charge in [-0.1, -0.05) is 37.3 Å². The van der Waals surface area contributed by atoms with Crippen LogP contribution in [0.3, 0.4) is 0 Å². The van der Waals surface area contributed by atoms with Crippen molar-refractivity contribution in [2.45, 2.75) is 65.1 Å². The van der Waals surface area contributed by atoms with Crippen LogP contribution in [-0.4, -0.2) is 59.6 Å². The molecule has 0 aliphatic carbocycles. The van der Waals surface area contributed by atoms with Crippen LogP contribution in [-0.2, 0) is 20.9 Å². The van der Waals surface area contributed by atoms with Gasteiger partial charge in [0.25, 0.3) is 5.91 Å². The normalized spacial score (nSPS) is 11.7. The minimum Gasteiger partial charge on any atom is -0.481 e. The fraction of sp³-hybridized carbons (Fsp3) is 0.435. The Morgan fingerprint density at radius 2 is 1.56 bits per heavy atom. The van der Waals surface area contributed by atoms with Gasteiger partial charge in [0.2, 0.25) is 0 Å². The molecule has 1 aromatic heterocycles. The van der Waals surface area contributed by atoms with Crippen molar-refractivity contribution in [1.82, 2.24) is 15.1 Å². The topological polar surface area (TPSA) is 179 Å². The van der Waals surface area contributed by atoms with Gasteiger partial charge in [-0.2, -0.15) is 5.10 Å². The summed E-state index contributed by atoms with van der Waals surface area (Å²) >= 11 is 0. The lowest BCUT2D eigenvalue weighted by Crippen LogP contribution is -2.42. The first kappa shape index (κ1) is 28.3. The molecule has 0 fully saturated rings. The van der Waals surface area contributed by atoms with E-state index in [2.05, 4.69) is 17.3 Å². The predicted molar refractivity (Wildman–Crippen MR) is 121 cm³/mol. The molecule has 11 nitrogen and oxygen atoms in total. The molecule has 0 aliphatic heterocycles. The van der Waals surface area contributed by atoms with E-state index < -0.39 is 36.4 Å². The van der Waals surface area contributed by atoms with Crippen molar-refractivity contribution in [1.29, 1.82) is 0 Å². The molecule has 5 N–H and O–H groups in total. The lowest BCUT2D eigenvalue weighted by Gasteiger charge is -2.18. The standard InChI is InChI=1S/C17H23N3O.C6H8O7/c1-5-11-20-14(4)16(13(3)19-20)17(21)18-12(2)15-9-7-6-8-10-15;7-3(8)1-6(13,5(11)12)2-4(9)10/h6-10,12H,5,11H2,1-4H3,(H,18,21);13H,1-2H2,(H,7,8)(H,9,10)(H,11,12). The van der Waals surface area contributed by atoms with Crippen molar-refractivity contribution in [2.24, 2.45) is 0 Å². The summed E-state index contributed by atoms with van der Waals surface area (Å²) in [6.07, 6.45) is -1.29. The fourth-order valence-corrected chi connectivity index (χ4v) is 3.26. The van der Waals surface area contributed by atoms with Crippen LogP contribution >= 0.6 is 0 Å². The van der Waals surface area contributed by atoms with Crippen molar-refractivity contribution in [3.8, 4) is 0 Å². The van der Waals surface area contributed by atoms with E-state index in [4.69, 9.17) is 20.4 Å². The van der Waals surface area contributed by atoms with Gasteiger partial charge in [-0.05, 0) is 32.8 Å². The molecule has 34 heavy (non-hydrogen) atoms. The van der Waals surface area contributed by atoms with E-state index in [0.717, 1.165) is 29.9 Å². The summed E-state index contributed by atoms with van der Waals surface area (Å²) in [5.74, 6) is -5.07. The molecule has 1 amide bonds. The number of benzene rings is 1. The van der Waals surface area contributed by atoms with Crippen molar-refractivity contribution in [3.05, 3.63) is 52.8 Å². The number of nitrogens with zero attached hydrogens (tertiary/aromatic N) is 2. The first-order valence-corrected chi connectivity index (χ1v) is 10.6. The monoisotopic (exact) mass is 477 g/mol. The SMILES string of the molecule is CCCn1nc(C)c(C(=O)NC(C)c2ccccc2)c1C.O=C(O)CC(O)(CC(=O)O)C(=O)O. The van der Waals surface area contributed by atoms with Crippen molar-refractivity contribution in [3.63, 3.8) is 0 Å². The maximum atomic E-state index is 12.5. The summed E-state index contributed by atoms with van der Waals surface area (Å²) in [4.78, 5) is 43.0. The van der Waals surface area contributed by atoms with Crippen LogP contribution in [0.25, 0.3) is 0 Å². The Morgan fingerprint density at radius 1 is 1.03 bits per heavy atom. The quantitative estimate of drug-likeness (QED) is 0.343. The molecule has 2 rings (SSSR count). The summed E-state index contributed by atoms with van der Waals surface area (Å²) in [6.45, 7) is 8.79. The number of carbonyl (C=O) groups is 4. The molecule has 0 saturated carbocycles. The van der Waals surface area contributed by atoms with Crippen LogP contribution in [0, 0.1) is 13.8 Å². The molecule has 1 heterocycles. The second-order valence-corrected chi connectivity index (χ2v) is 7.85. The van der Waals surface area contributed by atoms with Gasteiger partial charge in [0.15, 0.2) is 5.60 Å². The third-order valence-electron chi connectivity index (χ3n) is 4.98. The summed E-state index contributed by atoms with van der Waals surface area (Å²) in [6, 6.07) is 9.95. The number of carbonyl (C=O) groups excluding carboxylic acids is 1. The molecule has 1 unspecified atom stereocenters. The van der Waals surface area contributed by atoms with Crippen LogP contribution in [0.1, 0.15) is 66.5 Å². The molecular formula is C23H31N3O8. The zero-order valence-electron chi connectivity index (χ0n) is 19.6. The zero-order valence-corrected chi connectivity index (χ0v) is 19.6. The molecule has 2 aromatic rings. The summed E-state index contributed by atoms with van der Waals surface area (Å²) in [5.41, 5.74) is 0.789. The summed E-state index contributed by atoms with van der Waals surface area (Å²) < 4.78 is 1.91. The third-order valence-corrected chi connectivity index (χ3v) is 4.98. The summed E-state index contributed by atoms with van der Waals surface area (Å²) in [5, 5.41) is 41.3. The molecule has 0 radical (unpaired) electrons. The number of carboxylic acid groups (broad SMARTS) is 3. The van der Waals surface area contributed by atoms with Crippen molar-refractivity contribution < 1.29 is 39.6 Å². The van der Waals surface area contributed by atoms with Crippen LogP contribution in [0.5, 0.6) is 0 Å². The summed E-state index contributed by atoms with van der Waals surface area (Å²) in [7, 11) is 0. The van der Waals surface area contributed by atoms with Crippen molar-refractivity contribution >= 4 is 23.8 Å². The maximum Gasteiger partial charge on any atom is 0.336 e. The molecule has 0 bridgehead atoms. The van der Waals surface area contributed by atoms with E-state index in [1.54, 1.807) is 0 Å².